The molecule has 0 radical (unpaired) electrons. The van der Waals surface area contributed by atoms with Crippen molar-refractivity contribution in [1.82, 2.24) is 0 Å². The third-order valence-electron chi connectivity index (χ3n) is 6.76. The van der Waals surface area contributed by atoms with Crippen LogP contribution in [0.25, 0.3) is 0 Å². The molecule has 0 heterocycles. The zero-order chi connectivity index (χ0) is 19.2. The van der Waals surface area contributed by atoms with Gasteiger partial charge in [-0.1, -0.05) is 45.0 Å². The van der Waals surface area contributed by atoms with Crippen LogP contribution in [-0.2, 0) is 11.8 Å². The number of ether oxygens (including phenoxy) is 1. The zero-order valence-corrected chi connectivity index (χ0v) is 17.0. The highest BCUT2D eigenvalue weighted by molar-refractivity contribution is 6.05. The van der Waals surface area contributed by atoms with Gasteiger partial charge in [0.25, 0.3) is 0 Å². The van der Waals surface area contributed by atoms with Crippen LogP contribution in [0.15, 0.2) is 42.5 Å². The van der Waals surface area contributed by atoms with Gasteiger partial charge in [-0.25, -0.2) is 0 Å². The number of carbonyl (C=O) groups is 1. The van der Waals surface area contributed by atoms with Crippen molar-refractivity contribution in [2.45, 2.75) is 64.2 Å². The molecule has 0 bridgehead atoms. The first-order valence-electron chi connectivity index (χ1n) is 10.1. The fraction of sp³-hybridized carbons (Fsp3) is 0.480. The molecule has 142 valence electrons. The molecule has 2 aromatic rings. The standard InChI is InChI=1S/C25H30O2/c1-24(2,3)20-7-5-17(6-8-20)18-11-13-25(14-12-18)16-19-15-21(27-4)9-10-22(19)23(25)26/h5-10,15,18H,11-14,16H2,1-4H3. The maximum atomic E-state index is 13.1. The Hall–Kier alpha value is -2.09. The highest BCUT2D eigenvalue weighted by Crippen LogP contribution is 2.51. The lowest BCUT2D eigenvalue weighted by molar-refractivity contribution is 0.0734. The van der Waals surface area contributed by atoms with E-state index in [2.05, 4.69) is 51.1 Å². The molecule has 2 heteroatoms. The third-order valence-corrected chi connectivity index (χ3v) is 6.76. The average Bonchev–Trinajstić information content (AvgIpc) is 2.93. The molecule has 1 fully saturated rings. The molecule has 0 atom stereocenters. The third kappa shape index (κ3) is 3.20. The van der Waals surface area contributed by atoms with E-state index in [4.69, 9.17) is 4.74 Å². The molecule has 0 aromatic heterocycles. The van der Waals surface area contributed by atoms with E-state index in [0.29, 0.717) is 11.7 Å². The summed E-state index contributed by atoms with van der Waals surface area (Å²) in [7, 11) is 1.68. The molecular formula is C25H30O2. The zero-order valence-electron chi connectivity index (χ0n) is 17.0. The van der Waals surface area contributed by atoms with Gasteiger partial charge < -0.3 is 4.74 Å². The number of hydrogen-bond donors (Lipinski definition) is 0. The maximum Gasteiger partial charge on any atom is 0.169 e. The first-order chi connectivity index (χ1) is 12.8. The molecular weight excluding hydrogens is 332 g/mol. The normalized spacial score (nSPS) is 24.9. The summed E-state index contributed by atoms with van der Waals surface area (Å²) in [6.07, 6.45) is 5.08. The van der Waals surface area contributed by atoms with Gasteiger partial charge >= 0.3 is 0 Å². The summed E-state index contributed by atoms with van der Waals surface area (Å²) in [5.41, 5.74) is 4.93. The van der Waals surface area contributed by atoms with Crippen molar-refractivity contribution in [3.63, 3.8) is 0 Å². The van der Waals surface area contributed by atoms with E-state index in [1.54, 1.807) is 7.11 Å². The van der Waals surface area contributed by atoms with Crippen molar-refractivity contribution >= 4 is 5.78 Å². The van der Waals surface area contributed by atoms with Gasteiger partial charge in [0.2, 0.25) is 0 Å². The number of rotatable bonds is 2. The lowest BCUT2D eigenvalue weighted by Gasteiger charge is -2.36. The van der Waals surface area contributed by atoms with Crippen molar-refractivity contribution in [2.24, 2.45) is 5.41 Å². The predicted molar refractivity (Wildman–Crippen MR) is 110 cm³/mol. The molecule has 2 nitrogen and oxygen atoms in total. The lowest BCUT2D eigenvalue weighted by atomic mass is 9.67. The van der Waals surface area contributed by atoms with Gasteiger partial charge in [0.1, 0.15) is 5.75 Å². The Kier molecular flexibility index (Phi) is 4.41. The number of methoxy groups -OCH3 is 1. The van der Waals surface area contributed by atoms with E-state index in [9.17, 15) is 4.79 Å². The fourth-order valence-electron chi connectivity index (χ4n) is 4.96. The number of ketones is 1. The fourth-order valence-corrected chi connectivity index (χ4v) is 4.96. The minimum atomic E-state index is -0.170. The number of Topliss-reactive ketones (excluding diaryl/α,β-unsaturated/α-hetero) is 1. The smallest absolute Gasteiger partial charge is 0.169 e. The number of carbonyl (C=O) groups excluding carboxylic acids is 1. The van der Waals surface area contributed by atoms with Crippen LogP contribution >= 0.6 is 0 Å². The molecule has 0 amide bonds. The second-order valence-corrected chi connectivity index (χ2v) is 9.46. The molecule has 2 aromatic carbocycles. The monoisotopic (exact) mass is 362 g/mol. The summed E-state index contributed by atoms with van der Waals surface area (Å²) in [5, 5.41) is 0. The van der Waals surface area contributed by atoms with E-state index in [1.807, 2.05) is 12.1 Å². The molecule has 0 N–H and O–H groups in total. The summed E-state index contributed by atoms with van der Waals surface area (Å²) in [4.78, 5) is 13.1. The Bertz CT molecular complexity index is 847. The van der Waals surface area contributed by atoms with E-state index in [1.165, 1.54) is 16.7 Å². The van der Waals surface area contributed by atoms with Crippen molar-refractivity contribution in [3.8, 4) is 5.75 Å². The molecule has 2 aliphatic rings. The second kappa shape index (κ2) is 6.51. The molecule has 2 aliphatic carbocycles. The molecule has 1 spiro atoms. The Morgan fingerprint density at radius 2 is 1.67 bits per heavy atom. The van der Waals surface area contributed by atoms with Crippen LogP contribution in [-0.4, -0.2) is 12.9 Å². The summed E-state index contributed by atoms with van der Waals surface area (Å²) in [5.74, 6) is 1.79. The SMILES string of the molecule is COc1ccc2c(c1)CC1(CCC(c3ccc(C(C)(C)C)cc3)CC1)C2=O. The largest absolute Gasteiger partial charge is 0.497 e. The van der Waals surface area contributed by atoms with Gasteiger partial charge in [-0.15, -0.1) is 0 Å². The van der Waals surface area contributed by atoms with Crippen LogP contribution in [0, 0.1) is 5.41 Å². The first-order valence-corrected chi connectivity index (χ1v) is 10.1. The second-order valence-electron chi connectivity index (χ2n) is 9.46. The average molecular weight is 363 g/mol. The van der Waals surface area contributed by atoms with Gasteiger partial charge in [0.15, 0.2) is 5.78 Å². The minimum Gasteiger partial charge on any atom is -0.497 e. The van der Waals surface area contributed by atoms with Crippen LogP contribution in [0.5, 0.6) is 5.75 Å². The van der Waals surface area contributed by atoms with Crippen molar-refractivity contribution < 1.29 is 9.53 Å². The quantitative estimate of drug-likeness (QED) is 0.647. The van der Waals surface area contributed by atoms with E-state index in [0.717, 1.165) is 43.4 Å². The van der Waals surface area contributed by atoms with Crippen LogP contribution < -0.4 is 4.74 Å². The highest BCUT2D eigenvalue weighted by atomic mass is 16.5. The molecule has 0 aliphatic heterocycles. The van der Waals surface area contributed by atoms with Gasteiger partial charge in [-0.05, 0) is 78.3 Å². The van der Waals surface area contributed by atoms with Gasteiger partial charge in [0.05, 0.1) is 7.11 Å². The highest BCUT2D eigenvalue weighted by Gasteiger charge is 2.47. The topological polar surface area (TPSA) is 26.3 Å². The minimum absolute atomic E-state index is 0.170. The summed E-state index contributed by atoms with van der Waals surface area (Å²) < 4.78 is 5.35. The van der Waals surface area contributed by atoms with Crippen molar-refractivity contribution in [3.05, 3.63) is 64.7 Å². The molecule has 0 saturated heterocycles. The lowest BCUT2D eigenvalue weighted by Crippen LogP contribution is -2.32. The van der Waals surface area contributed by atoms with Crippen LogP contribution in [0.2, 0.25) is 0 Å². The molecule has 27 heavy (non-hydrogen) atoms. The van der Waals surface area contributed by atoms with Gasteiger partial charge in [0, 0.05) is 11.0 Å². The van der Waals surface area contributed by atoms with Crippen molar-refractivity contribution in [1.29, 1.82) is 0 Å². The Labute approximate surface area is 162 Å². The Morgan fingerprint density at radius 3 is 2.26 bits per heavy atom. The van der Waals surface area contributed by atoms with Gasteiger partial charge in [-0.2, -0.15) is 0 Å². The summed E-state index contributed by atoms with van der Waals surface area (Å²) >= 11 is 0. The van der Waals surface area contributed by atoms with Crippen LogP contribution in [0.3, 0.4) is 0 Å². The molecule has 1 saturated carbocycles. The summed E-state index contributed by atoms with van der Waals surface area (Å²) in [6.45, 7) is 6.76. The predicted octanol–water partition coefficient (Wildman–Crippen LogP) is 6.08. The number of hydrogen-bond acceptors (Lipinski definition) is 2. The first kappa shape index (κ1) is 18.3. The van der Waals surface area contributed by atoms with Gasteiger partial charge in [-0.3, -0.25) is 4.79 Å². The Morgan fingerprint density at radius 1 is 1.00 bits per heavy atom. The maximum absolute atomic E-state index is 13.1. The number of fused-ring (bicyclic) bond motifs is 1. The Balaban J connectivity index is 1.48. The van der Waals surface area contributed by atoms with Crippen LogP contribution in [0.4, 0.5) is 0 Å². The van der Waals surface area contributed by atoms with E-state index < -0.39 is 0 Å². The molecule has 0 unspecified atom stereocenters. The van der Waals surface area contributed by atoms with E-state index in [-0.39, 0.29) is 10.8 Å². The number of benzene rings is 2. The van der Waals surface area contributed by atoms with Crippen LogP contribution in [0.1, 0.15) is 79.4 Å². The van der Waals surface area contributed by atoms with Crippen molar-refractivity contribution in [2.75, 3.05) is 7.11 Å². The van der Waals surface area contributed by atoms with E-state index >= 15 is 0 Å². The molecule has 4 rings (SSSR count). The summed E-state index contributed by atoms with van der Waals surface area (Å²) in [6, 6.07) is 15.1.